The third kappa shape index (κ3) is 2.42. The Balaban J connectivity index is 1.63. The molecule has 2 nitrogen and oxygen atoms in total. The lowest BCUT2D eigenvalue weighted by molar-refractivity contribution is -0.127. The molecular weight excluding hydrogens is 308 g/mol. The molecule has 4 aliphatic carbocycles. The van der Waals surface area contributed by atoms with Crippen LogP contribution in [0.4, 0.5) is 0 Å². The number of Topliss-reactive ketones (excluding diaryl/α,β-unsaturated/α-hetero) is 2. The Morgan fingerprint density at radius 1 is 0.960 bits per heavy atom. The summed E-state index contributed by atoms with van der Waals surface area (Å²) in [5.74, 6) is 3.60. The van der Waals surface area contributed by atoms with Gasteiger partial charge < -0.3 is 0 Å². The van der Waals surface area contributed by atoms with E-state index >= 15 is 0 Å². The fraction of sp³-hybridized carbons (Fsp3) is 0.826. The summed E-state index contributed by atoms with van der Waals surface area (Å²) in [6, 6.07) is 0. The smallest absolute Gasteiger partial charge is 0.133 e. The van der Waals surface area contributed by atoms with Gasteiger partial charge in [0.25, 0.3) is 0 Å². The summed E-state index contributed by atoms with van der Waals surface area (Å²) in [4.78, 5) is 24.1. The Bertz CT molecular complexity index is 632. The minimum atomic E-state index is 0.241. The van der Waals surface area contributed by atoms with E-state index in [0.717, 1.165) is 37.0 Å². The van der Waals surface area contributed by atoms with Crippen LogP contribution >= 0.6 is 0 Å². The van der Waals surface area contributed by atoms with Gasteiger partial charge in [0.2, 0.25) is 0 Å². The zero-order chi connectivity index (χ0) is 18.0. The number of allylic oxidation sites excluding steroid dienone is 2. The maximum atomic E-state index is 12.2. The minimum Gasteiger partial charge on any atom is -0.300 e. The first kappa shape index (κ1) is 17.5. The minimum absolute atomic E-state index is 0.241. The van der Waals surface area contributed by atoms with Crippen molar-refractivity contribution in [1.82, 2.24) is 0 Å². The van der Waals surface area contributed by atoms with Crippen molar-refractivity contribution >= 4 is 11.6 Å². The number of carbonyl (C=O) groups is 2. The van der Waals surface area contributed by atoms with Crippen LogP contribution in [-0.4, -0.2) is 11.6 Å². The van der Waals surface area contributed by atoms with Crippen LogP contribution in [0.1, 0.15) is 79.1 Å². The van der Waals surface area contributed by atoms with Gasteiger partial charge in [0.1, 0.15) is 11.6 Å². The second kappa shape index (κ2) is 5.79. The summed E-state index contributed by atoms with van der Waals surface area (Å²) >= 11 is 0. The fourth-order valence-corrected chi connectivity index (χ4v) is 7.68. The average Bonchev–Trinajstić information content (AvgIpc) is 2.91. The molecule has 0 N–H and O–H groups in total. The topological polar surface area (TPSA) is 34.1 Å². The maximum absolute atomic E-state index is 12.2. The first-order chi connectivity index (χ1) is 11.8. The molecule has 4 aliphatic rings. The molecule has 0 spiro atoms. The van der Waals surface area contributed by atoms with Crippen LogP contribution in [0, 0.1) is 40.4 Å². The van der Waals surface area contributed by atoms with Crippen molar-refractivity contribution in [2.24, 2.45) is 40.4 Å². The number of fused-ring (bicyclic) bond motifs is 5. The Kier molecular flexibility index (Phi) is 4.05. The molecule has 0 aliphatic heterocycles. The molecule has 0 radical (unpaired) electrons. The first-order valence-electron chi connectivity index (χ1n) is 10.5. The molecule has 0 aromatic heterocycles. The van der Waals surface area contributed by atoms with Gasteiger partial charge in [-0.05, 0) is 93.8 Å². The van der Waals surface area contributed by atoms with E-state index in [1.54, 1.807) is 12.5 Å². The number of ketones is 2. The van der Waals surface area contributed by atoms with E-state index < -0.39 is 0 Å². The highest BCUT2D eigenvalue weighted by atomic mass is 16.1. The van der Waals surface area contributed by atoms with Crippen molar-refractivity contribution in [2.45, 2.75) is 79.1 Å². The molecule has 0 amide bonds. The van der Waals surface area contributed by atoms with E-state index in [1.807, 2.05) is 6.92 Å². The van der Waals surface area contributed by atoms with E-state index in [9.17, 15) is 9.59 Å². The van der Waals surface area contributed by atoms with Gasteiger partial charge in [-0.3, -0.25) is 9.59 Å². The SMILES string of the molecule is CC(=O)[C@H]1CC[C@@]2(C)C(=CC[C@H]3[C@@H]4CC[C@H](C(C)=O)[C@@]4(C)CC[C@@H]32)C1. The van der Waals surface area contributed by atoms with Crippen LogP contribution < -0.4 is 0 Å². The molecule has 0 bridgehead atoms. The van der Waals surface area contributed by atoms with Crippen LogP contribution in [0.2, 0.25) is 0 Å². The monoisotopic (exact) mass is 342 g/mol. The lowest BCUT2D eigenvalue weighted by atomic mass is 9.47. The fourth-order valence-electron chi connectivity index (χ4n) is 7.68. The van der Waals surface area contributed by atoms with Gasteiger partial charge in [-0.2, -0.15) is 0 Å². The Morgan fingerprint density at radius 2 is 1.72 bits per heavy atom. The summed E-state index contributed by atoms with van der Waals surface area (Å²) in [7, 11) is 0. The molecule has 7 atom stereocenters. The third-order valence-corrected chi connectivity index (χ3v) is 9.17. The van der Waals surface area contributed by atoms with Gasteiger partial charge in [-0.15, -0.1) is 0 Å². The lowest BCUT2D eigenvalue weighted by Crippen LogP contribution is -2.50. The van der Waals surface area contributed by atoms with Crippen molar-refractivity contribution in [3.63, 3.8) is 0 Å². The lowest BCUT2D eigenvalue weighted by Gasteiger charge is -2.58. The van der Waals surface area contributed by atoms with Crippen molar-refractivity contribution in [3.8, 4) is 0 Å². The van der Waals surface area contributed by atoms with E-state index in [4.69, 9.17) is 0 Å². The van der Waals surface area contributed by atoms with E-state index in [1.165, 1.54) is 32.1 Å². The van der Waals surface area contributed by atoms with Gasteiger partial charge in [0.05, 0.1) is 0 Å². The second-order valence-electron chi connectivity index (χ2n) is 10.1. The predicted octanol–water partition coefficient (Wildman–Crippen LogP) is 5.36. The molecule has 3 saturated carbocycles. The largest absolute Gasteiger partial charge is 0.300 e. The van der Waals surface area contributed by atoms with Crippen LogP contribution in [0.3, 0.4) is 0 Å². The third-order valence-electron chi connectivity index (χ3n) is 9.17. The molecule has 138 valence electrons. The van der Waals surface area contributed by atoms with Gasteiger partial charge in [0.15, 0.2) is 0 Å². The Morgan fingerprint density at radius 3 is 2.40 bits per heavy atom. The normalized spacial score (nSPS) is 48.8. The Labute approximate surface area is 152 Å². The highest BCUT2D eigenvalue weighted by molar-refractivity contribution is 5.80. The molecule has 3 fully saturated rings. The van der Waals surface area contributed by atoms with Crippen LogP contribution in [0.5, 0.6) is 0 Å². The molecule has 0 aromatic rings. The van der Waals surface area contributed by atoms with E-state index in [0.29, 0.717) is 22.9 Å². The van der Waals surface area contributed by atoms with Crippen molar-refractivity contribution < 1.29 is 9.59 Å². The Hall–Kier alpha value is -0.920. The van der Waals surface area contributed by atoms with Crippen LogP contribution in [0.25, 0.3) is 0 Å². The summed E-state index contributed by atoms with van der Waals surface area (Å²) in [6.07, 6.45) is 11.8. The zero-order valence-electron chi connectivity index (χ0n) is 16.4. The molecule has 4 rings (SSSR count). The molecular formula is C23H34O2. The summed E-state index contributed by atoms with van der Waals surface area (Å²) in [5, 5.41) is 0. The average molecular weight is 343 g/mol. The molecule has 25 heavy (non-hydrogen) atoms. The standard InChI is InChI=1S/C23H34O2/c1-14(24)16-9-11-22(3)17(13-16)5-6-18-20-8-7-19(15(2)25)23(20,4)12-10-21(18)22/h5,16,18-21H,6-13H2,1-4H3/t16-,18-,19+,20-,21-,22-,23+/m0/s1. The second-order valence-corrected chi connectivity index (χ2v) is 10.1. The first-order valence-corrected chi connectivity index (χ1v) is 10.5. The van der Waals surface area contributed by atoms with E-state index in [2.05, 4.69) is 19.9 Å². The van der Waals surface area contributed by atoms with Crippen LogP contribution in [-0.2, 0) is 9.59 Å². The quantitative estimate of drug-likeness (QED) is 0.633. The summed E-state index contributed by atoms with van der Waals surface area (Å²) < 4.78 is 0. The number of rotatable bonds is 2. The highest BCUT2D eigenvalue weighted by Crippen LogP contribution is 2.66. The van der Waals surface area contributed by atoms with Crippen molar-refractivity contribution in [3.05, 3.63) is 11.6 Å². The van der Waals surface area contributed by atoms with Gasteiger partial charge >= 0.3 is 0 Å². The highest BCUT2D eigenvalue weighted by Gasteiger charge is 2.59. The van der Waals surface area contributed by atoms with Gasteiger partial charge in [-0.1, -0.05) is 25.5 Å². The zero-order valence-corrected chi connectivity index (χ0v) is 16.4. The van der Waals surface area contributed by atoms with Crippen LogP contribution in [0.15, 0.2) is 11.6 Å². The summed E-state index contributed by atoms with van der Waals surface area (Å²) in [6.45, 7) is 8.49. The molecule has 2 heteroatoms. The van der Waals surface area contributed by atoms with E-state index in [-0.39, 0.29) is 11.3 Å². The van der Waals surface area contributed by atoms with Gasteiger partial charge in [0, 0.05) is 11.8 Å². The molecule has 0 aromatic carbocycles. The summed E-state index contributed by atoms with van der Waals surface area (Å²) in [5.41, 5.74) is 2.14. The predicted molar refractivity (Wildman–Crippen MR) is 100 cm³/mol. The molecule has 0 unspecified atom stereocenters. The van der Waals surface area contributed by atoms with Crippen molar-refractivity contribution in [2.75, 3.05) is 0 Å². The molecule has 0 heterocycles. The maximum Gasteiger partial charge on any atom is 0.133 e. The van der Waals surface area contributed by atoms with Gasteiger partial charge in [-0.25, -0.2) is 0 Å². The number of hydrogen-bond acceptors (Lipinski definition) is 2. The molecule has 0 saturated heterocycles. The number of hydrogen-bond donors (Lipinski definition) is 0. The number of carbonyl (C=O) groups excluding carboxylic acids is 2. The van der Waals surface area contributed by atoms with Crippen molar-refractivity contribution in [1.29, 1.82) is 0 Å².